The number of carbonyl (C=O) groups excluding carboxylic acids is 1. The van der Waals surface area contributed by atoms with Gasteiger partial charge in [0.15, 0.2) is 11.6 Å². The number of benzene rings is 1. The van der Waals surface area contributed by atoms with Gasteiger partial charge in [0.05, 0.1) is 5.75 Å². The molecule has 0 bridgehead atoms. The van der Waals surface area contributed by atoms with Crippen molar-refractivity contribution in [1.82, 2.24) is 5.32 Å². The molecule has 1 amide bonds. The molecule has 0 aromatic heterocycles. The summed E-state index contributed by atoms with van der Waals surface area (Å²) in [6.07, 6.45) is 1.14. The molecule has 0 aliphatic carbocycles. The summed E-state index contributed by atoms with van der Waals surface area (Å²) in [5.74, 6) is -2.86. The maximum Gasteiger partial charge on any atom is 0.303 e. The molecule has 1 atom stereocenters. The van der Waals surface area contributed by atoms with E-state index in [1.54, 1.807) is 6.92 Å². The Kier molecular flexibility index (Phi) is 7.14. The van der Waals surface area contributed by atoms with Crippen molar-refractivity contribution >= 4 is 23.6 Å². The average Bonchev–Trinajstić information content (AvgIpc) is 2.39. The minimum Gasteiger partial charge on any atom is -0.481 e. The Balaban J connectivity index is 2.30. The largest absolute Gasteiger partial charge is 0.481 e. The van der Waals surface area contributed by atoms with Gasteiger partial charge >= 0.3 is 5.97 Å². The third kappa shape index (κ3) is 7.08. The van der Waals surface area contributed by atoms with E-state index >= 15 is 0 Å². The highest BCUT2D eigenvalue weighted by Crippen LogP contribution is 2.20. The number of amides is 1. The second-order valence-corrected chi connectivity index (χ2v) is 5.67. The van der Waals surface area contributed by atoms with Gasteiger partial charge in [0.2, 0.25) is 5.91 Å². The molecule has 0 spiro atoms. The first-order valence-corrected chi connectivity index (χ1v) is 7.46. The summed E-state index contributed by atoms with van der Waals surface area (Å²) >= 11 is 1.11. The van der Waals surface area contributed by atoms with Crippen LogP contribution in [0.25, 0.3) is 0 Å². The van der Waals surface area contributed by atoms with Gasteiger partial charge in [-0.05, 0) is 38.0 Å². The van der Waals surface area contributed by atoms with Crippen LogP contribution < -0.4 is 5.32 Å². The van der Waals surface area contributed by atoms with Crippen LogP contribution in [0.4, 0.5) is 8.78 Å². The fourth-order valence-electron chi connectivity index (χ4n) is 1.66. The van der Waals surface area contributed by atoms with Gasteiger partial charge in [-0.1, -0.05) is 0 Å². The zero-order valence-corrected chi connectivity index (χ0v) is 12.4. The highest BCUT2D eigenvalue weighted by atomic mass is 32.2. The van der Waals surface area contributed by atoms with E-state index in [1.165, 1.54) is 6.07 Å². The summed E-state index contributed by atoms with van der Waals surface area (Å²) < 4.78 is 25.7. The summed E-state index contributed by atoms with van der Waals surface area (Å²) in [5.41, 5.74) is 0. The third-order valence-corrected chi connectivity index (χ3v) is 3.69. The van der Waals surface area contributed by atoms with E-state index in [2.05, 4.69) is 5.32 Å². The number of hydrogen-bond donors (Lipinski definition) is 2. The number of nitrogens with one attached hydrogen (secondary N) is 1. The van der Waals surface area contributed by atoms with Crippen LogP contribution >= 0.6 is 11.8 Å². The van der Waals surface area contributed by atoms with Gasteiger partial charge in [0.25, 0.3) is 0 Å². The molecule has 2 N–H and O–H groups in total. The second kappa shape index (κ2) is 8.61. The monoisotopic (exact) mass is 317 g/mol. The molecule has 0 saturated heterocycles. The topological polar surface area (TPSA) is 66.4 Å². The number of aliphatic carboxylic acids is 1. The standard InChI is InChI=1S/C14H17F2NO3S/c1-9(3-2-4-14(19)20)17-13(18)8-21-10-5-6-11(15)12(16)7-10/h5-7,9H,2-4,8H2,1H3,(H,17,18)(H,19,20). The molecule has 4 nitrogen and oxygen atoms in total. The maximum absolute atomic E-state index is 13.0. The van der Waals surface area contributed by atoms with Crippen LogP contribution in [0, 0.1) is 11.6 Å². The van der Waals surface area contributed by atoms with Crippen molar-refractivity contribution in [2.45, 2.75) is 37.1 Å². The van der Waals surface area contributed by atoms with Crippen molar-refractivity contribution in [2.24, 2.45) is 0 Å². The van der Waals surface area contributed by atoms with Gasteiger partial charge in [0.1, 0.15) is 0 Å². The molecule has 21 heavy (non-hydrogen) atoms. The van der Waals surface area contributed by atoms with E-state index in [0.717, 1.165) is 23.9 Å². The number of carboxylic acid groups (broad SMARTS) is 1. The highest BCUT2D eigenvalue weighted by molar-refractivity contribution is 8.00. The molecule has 1 unspecified atom stereocenters. The van der Waals surface area contributed by atoms with Gasteiger partial charge in [0, 0.05) is 17.4 Å². The zero-order chi connectivity index (χ0) is 15.8. The molecule has 0 radical (unpaired) electrons. The number of hydrogen-bond acceptors (Lipinski definition) is 3. The molecular weight excluding hydrogens is 300 g/mol. The SMILES string of the molecule is CC(CCCC(=O)O)NC(=O)CSc1ccc(F)c(F)c1. The van der Waals surface area contributed by atoms with Gasteiger partial charge < -0.3 is 10.4 Å². The van der Waals surface area contributed by atoms with Gasteiger partial charge in [-0.25, -0.2) is 8.78 Å². The van der Waals surface area contributed by atoms with E-state index in [4.69, 9.17) is 5.11 Å². The van der Waals surface area contributed by atoms with Crippen molar-refractivity contribution in [3.8, 4) is 0 Å². The fraction of sp³-hybridized carbons (Fsp3) is 0.429. The first-order valence-electron chi connectivity index (χ1n) is 6.47. The maximum atomic E-state index is 13.0. The summed E-state index contributed by atoms with van der Waals surface area (Å²) in [4.78, 5) is 22.5. The van der Waals surface area contributed by atoms with Crippen LogP contribution in [0.2, 0.25) is 0 Å². The van der Waals surface area contributed by atoms with Gasteiger partial charge in [-0.15, -0.1) is 11.8 Å². The molecule has 1 aromatic rings. The number of carbonyl (C=O) groups is 2. The van der Waals surface area contributed by atoms with Crippen LogP contribution in [0.15, 0.2) is 23.1 Å². The van der Waals surface area contributed by atoms with Crippen molar-refractivity contribution < 1.29 is 23.5 Å². The van der Waals surface area contributed by atoms with Crippen molar-refractivity contribution in [3.63, 3.8) is 0 Å². The second-order valence-electron chi connectivity index (χ2n) is 4.62. The van der Waals surface area contributed by atoms with Gasteiger partial charge in [-0.3, -0.25) is 9.59 Å². The molecule has 0 heterocycles. The Morgan fingerprint density at radius 1 is 1.33 bits per heavy atom. The lowest BCUT2D eigenvalue weighted by Gasteiger charge is -2.13. The minimum absolute atomic E-state index is 0.0732. The zero-order valence-electron chi connectivity index (χ0n) is 11.6. The summed E-state index contributed by atoms with van der Waals surface area (Å²) in [5, 5.41) is 11.2. The predicted octanol–water partition coefficient (Wildman–Crippen LogP) is 2.82. The van der Waals surface area contributed by atoms with Crippen LogP contribution in [-0.4, -0.2) is 28.8 Å². The molecule has 0 aliphatic rings. The van der Waals surface area contributed by atoms with Crippen LogP contribution in [0.1, 0.15) is 26.2 Å². The first-order chi connectivity index (χ1) is 9.88. The number of rotatable bonds is 8. The Hall–Kier alpha value is -1.63. The minimum atomic E-state index is -0.942. The average molecular weight is 317 g/mol. The lowest BCUT2D eigenvalue weighted by molar-refractivity contribution is -0.137. The van der Waals surface area contributed by atoms with Crippen molar-refractivity contribution in [1.29, 1.82) is 0 Å². The molecule has 0 aliphatic heterocycles. The van der Waals surface area contributed by atoms with E-state index in [1.807, 2.05) is 0 Å². The van der Waals surface area contributed by atoms with Crippen LogP contribution in [0.3, 0.4) is 0 Å². The molecule has 0 fully saturated rings. The predicted molar refractivity (Wildman–Crippen MR) is 76.2 cm³/mol. The van der Waals surface area contributed by atoms with Crippen molar-refractivity contribution in [3.05, 3.63) is 29.8 Å². The molecular formula is C14H17F2NO3S. The Labute approximate surface area is 125 Å². The van der Waals surface area contributed by atoms with E-state index < -0.39 is 17.6 Å². The smallest absolute Gasteiger partial charge is 0.303 e. The highest BCUT2D eigenvalue weighted by Gasteiger charge is 2.10. The molecule has 116 valence electrons. The molecule has 0 saturated carbocycles. The molecule has 1 rings (SSSR count). The normalized spacial score (nSPS) is 12.0. The lowest BCUT2D eigenvalue weighted by Crippen LogP contribution is -2.33. The number of carboxylic acids is 1. The van der Waals surface area contributed by atoms with E-state index in [9.17, 15) is 18.4 Å². The number of halogens is 2. The summed E-state index contributed by atoms with van der Waals surface area (Å²) in [6, 6.07) is 3.35. The number of thioether (sulfide) groups is 1. The summed E-state index contributed by atoms with van der Waals surface area (Å²) in [6.45, 7) is 1.79. The summed E-state index contributed by atoms with van der Waals surface area (Å²) in [7, 11) is 0. The lowest BCUT2D eigenvalue weighted by atomic mass is 10.1. The van der Waals surface area contributed by atoms with Gasteiger partial charge in [-0.2, -0.15) is 0 Å². The molecule has 1 aromatic carbocycles. The van der Waals surface area contributed by atoms with Crippen LogP contribution in [0.5, 0.6) is 0 Å². The van der Waals surface area contributed by atoms with E-state index in [0.29, 0.717) is 17.7 Å². The molecule has 7 heteroatoms. The Morgan fingerprint density at radius 3 is 2.67 bits per heavy atom. The van der Waals surface area contributed by atoms with Crippen LogP contribution in [-0.2, 0) is 9.59 Å². The third-order valence-electron chi connectivity index (χ3n) is 2.70. The first kappa shape index (κ1) is 17.4. The van der Waals surface area contributed by atoms with Crippen molar-refractivity contribution in [2.75, 3.05) is 5.75 Å². The van der Waals surface area contributed by atoms with E-state index in [-0.39, 0.29) is 24.1 Å². The Bertz CT molecular complexity index is 511. The fourth-order valence-corrected chi connectivity index (χ4v) is 2.40. The quantitative estimate of drug-likeness (QED) is 0.724. The Morgan fingerprint density at radius 2 is 2.05 bits per heavy atom.